The quantitative estimate of drug-likeness (QED) is 0.869. The van der Waals surface area contributed by atoms with Crippen LogP contribution in [-0.4, -0.2) is 38.6 Å². The van der Waals surface area contributed by atoms with Crippen molar-refractivity contribution in [3.05, 3.63) is 29.8 Å². The average Bonchev–Trinajstić information content (AvgIpc) is 3.30. The maximum atomic E-state index is 12.4. The van der Waals surface area contributed by atoms with Crippen LogP contribution in [-0.2, 0) is 9.53 Å². The third-order valence-electron chi connectivity index (χ3n) is 3.56. The molecule has 0 radical (unpaired) electrons. The zero-order valence-corrected chi connectivity index (χ0v) is 12.8. The summed E-state index contributed by atoms with van der Waals surface area (Å²) in [5.74, 6) is 0.0179. The van der Waals surface area contributed by atoms with Gasteiger partial charge in [-0.3, -0.25) is 9.59 Å². The largest absolute Gasteiger partial charge is 0.383 e. The molecule has 5 nitrogen and oxygen atoms in total. The molecular weight excluding hydrogens is 268 g/mol. The van der Waals surface area contributed by atoms with Crippen molar-refractivity contribution in [3.63, 3.8) is 0 Å². The van der Waals surface area contributed by atoms with Gasteiger partial charge in [0.1, 0.15) is 0 Å². The number of nitrogens with one attached hydrogen (secondary N) is 1. The van der Waals surface area contributed by atoms with Crippen LogP contribution in [0.1, 0.15) is 30.1 Å². The normalized spacial score (nSPS) is 15.4. The molecule has 5 heteroatoms. The lowest BCUT2D eigenvalue weighted by molar-refractivity contribution is -0.119. The number of para-hydroxylation sites is 1. The lowest BCUT2D eigenvalue weighted by atomic mass is 10.1. The van der Waals surface area contributed by atoms with Crippen LogP contribution in [0.3, 0.4) is 0 Å². The van der Waals surface area contributed by atoms with Gasteiger partial charge in [0.15, 0.2) is 0 Å². The van der Waals surface area contributed by atoms with E-state index in [0.717, 1.165) is 12.8 Å². The van der Waals surface area contributed by atoms with E-state index in [2.05, 4.69) is 5.32 Å². The maximum Gasteiger partial charge on any atom is 0.253 e. The van der Waals surface area contributed by atoms with Crippen molar-refractivity contribution >= 4 is 17.5 Å². The second kappa shape index (κ2) is 6.72. The maximum absolute atomic E-state index is 12.4. The molecule has 1 aliphatic carbocycles. The number of rotatable bonds is 6. The number of amides is 2. The SMILES string of the molecule is COCC(C)NC(=O)c1ccccc1N(C)C(=O)C1CC1. The molecule has 2 amide bonds. The Hall–Kier alpha value is -1.88. The van der Waals surface area contributed by atoms with Crippen LogP contribution in [0.5, 0.6) is 0 Å². The molecule has 0 aromatic heterocycles. The van der Waals surface area contributed by atoms with E-state index in [1.165, 1.54) is 0 Å². The number of hydrogen-bond donors (Lipinski definition) is 1. The number of anilines is 1. The highest BCUT2D eigenvalue weighted by Gasteiger charge is 2.33. The highest BCUT2D eigenvalue weighted by atomic mass is 16.5. The molecule has 1 saturated carbocycles. The third-order valence-corrected chi connectivity index (χ3v) is 3.56. The van der Waals surface area contributed by atoms with Crippen molar-refractivity contribution < 1.29 is 14.3 Å². The molecule has 114 valence electrons. The molecule has 0 spiro atoms. The third kappa shape index (κ3) is 3.82. The lowest BCUT2D eigenvalue weighted by Crippen LogP contribution is -2.37. The van der Waals surface area contributed by atoms with Crippen LogP contribution in [0, 0.1) is 5.92 Å². The predicted octanol–water partition coefficient (Wildman–Crippen LogP) is 1.82. The summed E-state index contributed by atoms with van der Waals surface area (Å²) >= 11 is 0. The number of hydrogen-bond acceptors (Lipinski definition) is 3. The van der Waals surface area contributed by atoms with E-state index in [1.54, 1.807) is 37.3 Å². The van der Waals surface area contributed by atoms with Gasteiger partial charge in [0.2, 0.25) is 5.91 Å². The molecule has 1 aromatic rings. The van der Waals surface area contributed by atoms with E-state index in [-0.39, 0.29) is 23.8 Å². The van der Waals surface area contributed by atoms with Gasteiger partial charge < -0.3 is 15.0 Å². The standard InChI is InChI=1S/C16H22N2O3/c1-11(10-21-3)17-15(19)13-6-4-5-7-14(13)18(2)16(20)12-8-9-12/h4-7,11-12H,8-10H2,1-3H3,(H,17,19). The molecule has 1 fully saturated rings. The monoisotopic (exact) mass is 290 g/mol. The van der Waals surface area contributed by atoms with E-state index in [1.807, 2.05) is 13.0 Å². The van der Waals surface area contributed by atoms with E-state index in [9.17, 15) is 9.59 Å². The topological polar surface area (TPSA) is 58.6 Å². The Labute approximate surface area is 125 Å². The minimum Gasteiger partial charge on any atom is -0.383 e. The fourth-order valence-electron chi connectivity index (χ4n) is 2.27. The Morgan fingerprint density at radius 2 is 2.05 bits per heavy atom. The highest BCUT2D eigenvalue weighted by molar-refractivity contribution is 6.05. The van der Waals surface area contributed by atoms with Crippen LogP contribution in [0.25, 0.3) is 0 Å². The van der Waals surface area contributed by atoms with Gasteiger partial charge in [0.25, 0.3) is 5.91 Å². The smallest absolute Gasteiger partial charge is 0.253 e. The Balaban J connectivity index is 2.15. The summed E-state index contributed by atoms with van der Waals surface area (Å²) < 4.78 is 5.02. The lowest BCUT2D eigenvalue weighted by Gasteiger charge is -2.21. The number of nitrogens with zero attached hydrogens (tertiary/aromatic N) is 1. The zero-order chi connectivity index (χ0) is 15.4. The van der Waals surface area contributed by atoms with Gasteiger partial charge in [0.05, 0.1) is 17.9 Å². The van der Waals surface area contributed by atoms with Gasteiger partial charge in [-0.1, -0.05) is 12.1 Å². The molecule has 21 heavy (non-hydrogen) atoms. The fraction of sp³-hybridized carbons (Fsp3) is 0.500. The summed E-state index contributed by atoms with van der Waals surface area (Å²) in [5.41, 5.74) is 1.16. The molecule has 2 rings (SSSR count). The summed E-state index contributed by atoms with van der Waals surface area (Å²) in [5, 5.41) is 2.87. The van der Waals surface area contributed by atoms with Gasteiger partial charge in [-0.15, -0.1) is 0 Å². The molecule has 0 aliphatic heterocycles. The molecule has 0 bridgehead atoms. The first-order valence-corrected chi connectivity index (χ1v) is 7.21. The van der Waals surface area contributed by atoms with Crippen molar-refractivity contribution in [2.75, 3.05) is 25.7 Å². The molecule has 0 saturated heterocycles. The van der Waals surface area contributed by atoms with Crippen LogP contribution < -0.4 is 10.2 Å². The first kappa shape index (κ1) is 15.5. The molecule has 1 aliphatic rings. The van der Waals surface area contributed by atoms with Gasteiger partial charge in [0, 0.05) is 26.1 Å². The summed E-state index contributed by atoms with van der Waals surface area (Å²) in [6.07, 6.45) is 1.89. The van der Waals surface area contributed by atoms with Gasteiger partial charge in [-0.05, 0) is 31.9 Å². The van der Waals surface area contributed by atoms with Crippen molar-refractivity contribution in [1.82, 2.24) is 5.32 Å². The van der Waals surface area contributed by atoms with Gasteiger partial charge in [-0.25, -0.2) is 0 Å². The molecular formula is C16H22N2O3. The number of ether oxygens (including phenoxy) is 1. The Morgan fingerprint density at radius 3 is 2.67 bits per heavy atom. The first-order valence-electron chi connectivity index (χ1n) is 7.21. The van der Waals surface area contributed by atoms with Crippen molar-refractivity contribution in [2.45, 2.75) is 25.8 Å². The molecule has 0 heterocycles. The fourth-order valence-corrected chi connectivity index (χ4v) is 2.27. The number of carbonyl (C=O) groups is 2. The summed E-state index contributed by atoms with van der Waals surface area (Å²) in [6, 6.07) is 7.09. The second-order valence-electron chi connectivity index (χ2n) is 5.52. The van der Waals surface area contributed by atoms with E-state index in [4.69, 9.17) is 4.74 Å². The Kier molecular flexibility index (Phi) is 4.96. The summed E-state index contributed by atoms with van der Waals surface area (Å²) in [4.78, 5) is 26.1. The van der Waals surface area contributed by atoms with Crippen molar-refractivity contribution in [3.8, 4) is 0 Å². The zero-order valence-electron chi connectivity index (χ0n) is 12.8. The van der Waals surface area contributed by atoms with Crippen LogP contribution >= 0.6 is 0 Å². The minimum atomic E-state index is -0.189. The molecule has 1 N–H and O–H groups in total. The predicted molar refractivity (Wildman–Crippen MR) is 81.4 cm³/mol. The Morgan fingerprint density at radius 1 is 1.38 bits per heavy atom. The Bertz CT molecular complexity index is 526. The van der Waals surface area contributed by atoms with E-state index in [0.29, 0.717) is 17.9 Å². The minimum absolute atomic E-state index is 0.0833. The number of carbonyl (C=O) groups excluding carboxylic acids is 2. The van der Waals surface area contributed by atoms with Crippen LogP contribution in [0.4, 0.5) is 5.69 Å². The summed E-state index contributed by atoms with van der Waals surface area (Å²) in [7, 11) is 3.32. The van der Waals surface area contributed by atoms with Crippen molar-refractivity contribution in [2.24, 2.45) is 5.92 Å². The van der Waals surface area contributed by atoms with Gasteiger partial charge in [-0.2, -0.15) is 0 Å². The average molecular weight is 290 g/mol. The van der Waals surface area contributed by atoms with Crippen LogP contribution in [0.2, 0.25) is 0 Å². The molecule has 1 atom stereocenters. The number of benzene rings is 1. The second-order valence-corrected chi connectivity index (χ2v) is 5.52. The van der Waals surface area contributed by atoms with E-state index < -0.39 is 0 Å². The summed E-state index contributed by atoms with van der Waals surface area (Å²) in [6.45, 7) is 2.33. The van der Waals surface area contributed by atoms with Gasteiger partial charge >= 0.3 is 0 Å². The molecule has 1 unspecified atom stereocenters. The molecule has 1 aromatic carbocycles. The van der Waals surface area contributed by atoms with E-state index >= 15 is 0 Å². The first-order chi connectivity index (χ1) is 10.0. The van der Waals surface area contributed by atoms with Crippen LogP contribution in [0.15, 0.2) is 24.3 Å². The number of methoxy groups -OCH3 is 1. The highest BCUT2D eigenvalue weighted by Crippen LogP contribution is 2.33. The van der Waals surface area contributed by atoms with Crippen molar-refractivity contribution in [1.29, 1.82) is 0 Å².